The molecule has 0 unspecified atom stereocenters. The van der Waals surface area contributed by atoms with Crippen LogP contribution < -0.4 is 10.9 Å². The molecule has 2 aromatic heterocycles. The van der Waals surface area contributed by atoms with Gasteiger partial charge in [-0.3, -0.25) is 19.0 Å². The number of likely N-dealkylation sites (N-methyl/N-ethyl adjacent to an activating group) is 1. The van der Waals surface area contributed by atoms with Gasteiger partial charge in [0, 0.05) is 33.6 Å². The van der Waals surface area contributed by atoms with Gasteiger partial charge in [-0.25, -0.2) is 23.5 Å². The molecular formula is C33H43FN6O7. The van der Waals surface area contributed by atoms with Gasteiger partial charge in [-0.1, -0.05) is 19.4 Å². The number of anilines is 1. The van der Waals surface area contributed by atoms with E-state index in [-0.39, 0.29) is 31.0 Å². The number of nitrogens with zero attached hydrogens (tertiary/aromatic N) is 5. The molecule has 0 saturated heterocycles. The summed E-state index contributed by atoms with van der Waals surface area (Å²) in [5, 5.41) is 2.96. The van der Waals surface area contributed by atoms with Crippen molar-refractivity contribution in [3.8, 4) is 0 Å². The van der Waals surface area contributed by atoms with Crippen LogP contribution in [0.1, 0.15) is 58.2 Å². The van der Waals surface area contributed by atoms with Gasteiger partial charge in [-0.2, -0.15) is 0 Å². The molecule has 3 amide bonds. The van der Waals surface area contributed by atoms with Crippen LogP contribution >= 0.6 is 0 Å². The van der Waals surface area contributed by atoms with Crippen LogP contribution in [0.15, 0.2) is 47.7 Å². The van der Waals surface area contributed by atoms with Crippen molar-refractivity contribution in [2.75, 3.05) is 33.5 Å². The molecule has 1 N–H and O–H groups in total. The molecule has 3 rings (SSSR count). The fourth-order valence-electron chi connectivity index (χ4n) is 4.63. The normalized spacial score (nSPS) is 12.2. The molecule has 47 heavy (non-hydrogen) atoms. The topological polar surface area (TPSA) is 145 Å². The first-order valence-electron chi connectivity index (χ1n) is 15.2. The number of fused-ring (bicyclic) bond motifs is 1. The first-order chi connectivity index (χ1) is 22.0. The molecule has 2 heterocycles. The number of nitrogens with one attached hydrogen (secondary N) is 1. The van der Waals surface area contributed by atoms with E-state index in [9.17, 15) is 28.4 Å². The molecule has 1 aromatic carbocycles. The zero-order valence-electron chi connectivity index (χ0n) is 28.1. The Bertz CT molecular complexity index is 1720. The van der Waals surface area contributed by atoms with E-state index in [1.807, 2.05) is 6.92 Å². The first-order valence-corrected chi connectivity index (χ1v) is 15.2. The number of rotatable bonds is 11. The fourth-order valence-corrected chi connectivity index (χ4v) is 4.63. The fraction of sp³-hybridized carbons (Fsp3) is 0.455. The van der Waals surface area contributed by atoms with Gasteiger partial charge in [-0.05, 0) is 69.9 Å². The van der Waals surface area contributed by atoms with E-state index >= 15 is 0 Å². The van der Waals surface area contributed by atoms with Crippen LogP contribution in [0, 0.1) is 5.82 Å². The highest BCUT2D eigenvalue weighted by atomic mass is 19.1. The van der Waals surface area contributed by atoms with Crippen LogP contribution in [-0.4, -0.2) is 87.8 Å². The first kappa shape index (κ1) is 36.5. The Morgan fingerprint density at radius 3 is 2.40 bits per heavy atom. The van der Waals surface area contributed by atoms with Gasteiger partial charge in [0.1, 0.15) is 17.1 Å². The lowest BCUT2D eigenvalue weighted by molar-refractivity contribution is -0.125. The quantitative estimate of drug-likeness (QED) is 0.297. The lowest BCUT2D eigenvalue weighted by atomic mass is 10.1. The maximum atomic E-state index is 14.6. The molecule has 3 aromatic rings. The smallest absolute Gasteiger partial charge is 0.419 e. The lowest BCUT2D eigenvalue weighted by Crippen LogP contribution is -2.38. The molecule has 14 heteroatoms. The summed E-state index contributed by atoms with van der Waals surface area (Å²) < 4.78 is 28.1. The van der Waals surface area contributed by atoms with E-state index in [0.717, 1.165) is 11.1 Å². The highest BCUT2D eigenvalue weighted by molar-refractivity contribution is 5.95. The van der Waals surface area contributed by atoms with E-state index in [0.29, 0.717) is 35.0 Å². The monoisotopic (exact) mass is 654 g/mol. The lowest BCUT2D eigenvalue weighted by Gasteiger charge is -2.22. The third-order valence-electron chi connectivity index (χ3n) is 6.80. The molecule has 1 atom stereocenters. The molecule has 0 spiro atoms. The van der Waals surface area contributed by atoms with Crippen molar-refractivity contribution >= 4 is 40.6 Å². The number of carbonyl (C=O) groups excluding carboxylic acids is 4. The average Bonchev–Trinajstić information content (AvgIpc) is 3.33. The van der Waals surface area contributed by atoms with E-state index in [1.165, 1.54) is 52.7 Å². The summed E-state index contributed by atoms with van der Waals surface area (Å²) in [5.41, 5.74) is -0.243. The van der Waals surface area contributed by atoms with Crippen molar-refractivity contribution in [2.45, 2.75) is 71.6 Å². The Hall–Kier alpha value is -5.01. The Balaban J connectivity index is 1.96. The standard InChI is InChI=1S/C33H43FN6O7/c1-9-12-21-15-23(34)16-22-17-24(40(28(21)22)32(45)47-33(2,3)4)19-39-20-35-18-25(30(39)43)36-29(42)26(46-31(44)38(7)8)13-10-11-14-27(41)37(5)6/h11,14-18,20,26H,9-10,12-13,19H2,1-8H3,(H,36,42)/b14-11+/t26-/m0/s1. The second kappa shape index (κ2) is 15.5. The highest BCUT2D eigenvalue weighted by Gasteiger charge is 2.26. The molecule has 0 aliphatic heterocycles. The minimum atomic E-state index is -1.29. The maximum absolute atomic E-state index is 14.6. The van der Waals surface area contributed by atoms with Crippen LogP contribution in [0.5, 0.6) is 0 Å². The van der Waals surface area contributed by atoms with E-state index < -0.39 is 41.2 Å². The molecule has 0 radical (unpaired) electrons. The van der Waals surface area contributed by atoms with Gasteiger partial charge in [0.2, 0.25) is 5.91 Å². The van der Waals surface area contributed by atoms with Crippen LogP contribution in [0.25, 0.3) is 10.9 Å². The summed E-state index contributed by atoms with van der Waals surface area (Å²) in [6, 6.07) is 4.32. The van der Waals surface area contributed by atoms with Crippen LogP contribution in [0.3, 0.4) is 0 Å². The van der Waals surface area contributed by atoms with Gasteiger partial charge < -0.3 is 24.6 Å². The summed E-state index contributed by atoms with van der Waals surface area (Å²) in [6.45, 7) is 6.96. The van der Waals surface area contributed by atoms with Crippen molar-refractivity contribution in [3.05, 3.63) is 70.3 Å². The summed E-state index contributed by atoms with van der Waals surface area (Å²) in [4.78, 5) is 71.1. The maximum Gasteiger partial charge on any atom is 0.419 e. The van der Waals surface area contributed by atoms with E-state index in [1.54, 1.807) is 47.0 Å². The predicted molar refractivity (Wildman–Crippen MR) is 175 cm³/mol. The summed E-state index contributed by atoms with van der Waals surface area (Å²) >= 11 is 0. The molecule has 0 fully saturated rings. The van der Waals surface area contributed by atoms with Gasteiger partial charge in [0.05, 0.1) is 30.3 Å². The molecule has 0 aliphatic carbocycles. The van der Waals surface area contributed by atoms with Crippen LogP contribution in [-0.2, 0) is 32.0 Å². The number of allylic oxidation sites excluding steroid dienone is 1. The Morgan fingerprint density at radius 1 is 1.09 bits per heavy atom. The number of ether oxygens (including phenoxy) is 2. The number of amides is 3. The number of aryl methyl sites for hydroxylation is 1. The summed E-state index contributed by atoms with van der Waals surface area (Å²) in [6.07, 6.45) is 4.03. The zero-order valence-corrected chi connectivity index (χ0v) is 28.1. The molecule has 13 nitrogen and oxygen atoms in total. The summed E-state index contributed by atoms with van der Waals surface area (Å²) in [5.74, 6) is -1.47. The second-order valence-electron chi connectivity index (χ2n) is 12.4. The molecule has 254 valence electrons. The van der Waals surface area contributed by atoms with Crippen molar-refractivity contribution < 1.29 is 33.0 Å². The number of hydrogen-bond acceptors (Lipinski definition) is 8. The van der Waals surface area contributed by atoms with Crippen LogP contribution in [0.2, 0.25) is 0 Å². The predicted octanol–water partition coefficient (Wildman–Crippen LogP) is 4.55. The average molecular weight is 655 g/mol. The van der Waals surface area contributed by atoms with Gasteiger partial charge >= 0.3 is 12.2 Å². The number of hydrogen-bond donors (Lipinski definition) is 1. The Labute approximate surface area is 272 Å². The minimum absolute atomic E-state index is 0.0315. The SMILES string of the molecule is CCCc1cc(F)cc2cc(Cn3cncc(NC(=O)[C@H](CC/C=C/C(=O)N(C)C)OC(=O)N(C)C)c3=O)n(C(=O)OC(C)(C)C)c12. The van der Waals surface area contributed by atoms with Crippen molar-refractivity contribution in [1.82, 2.24) is 23.9 Å². The van der Waals surface area contributed by atoms with Crippen molar-refractivity contribution in [1.29, 1.82) is 0 Å². The highest BCUT2D eigenvalue weighted by Crippen LogP contribution is 2.28. The number of halogens is 1. The van der Waals surface area contributed by atoms with Gasteiger partial charge in [-0.15, -0.1) is 0 Å². The Kier molecular flexibility index (Phi) is 12.0. The molecule has 0 aliphatic rings. The van der Waals surface area contributed by atoms with Crippen molar-refractivity contribution in [3.63, 3.8) is 0 Å². The number of aromatic nitrogens is 3. The zero-order chi connectivity index (χ0) is 35.1. The van der Waals surface area contributed by atoms with Gasteiger partial charge in [0.15, 0.2) is 6.10 Å². The van der Waals surface area contributed by atoms with E-state index in [4.69, 9.17) is 9.47 Å². The van der Waals surface area contributed by atoms with Crippen LogP contribution in [0.4, 0.5) is 19.7 Å². The largest absolute Gasteiger partial charge is 0.443 e. The second-order valence-corrected chi connectivity index (χ2v) is 12.4. The summed E-state index contributed by atoms with van der Waals surface area (Å²) in [7, 11) is 6.12. The molecule has 0 bridgehead atoms. The number of benzene rings is 1. The third kappa shape index (κ3) is 9.74. The number of carbonyl (C=O) groups is 4. The Morgan fingerprint density at radius 2 is 1.79 bits per heavy atom. The van der Waals surface area contributed by atoms with Crippen molar-refractivity contribution in [2.24, 2.45) is 0 Å². The van der Waals surface area contributed by atoms with E-state index in [2.05, 4.69) is 10.3 Å². The molecular weight excluding hydrogens is 611 g/mol. The molecule has 0 saturated carbocycles. The van der Waals surface area contributed by atoms with Gasteiger partial charge in [0.25, 0.3) is 11.5 Å². The minimum Gasteiger partial charge on any atom is -0.443 e. The third-order valence-corrected chi connectivity index (χ3v) is 6.80.